The van der Waals surface area contributed by atoms with E-state index in [2.05, 4.69) is 5.32 Å². The molecule has 35 heavy (non-hydrogen) atoms. The number of hydrogen-bond acceptors (Lipinski definition) is 4. The lowest BCUT2D eigenvalue weighted by molar-refractivity contribution is -0.140. The number of sulfonamides is 1. The average molecular weight is 567 g/mol. The SMILES string of the molecule is CC(C(=O)NC(C)(C)C)N(Cc1ccc(Cl)cc1Cl)C(=O)CN(c1ccc(F)c(Cl)c1)S(C)(=O)=O. The number of carbonyl (C=O) groups is 2. The summed E-state index contributed by atoms with van der Waals surface area (Å²) in [6.07, 6.45) is 0.910. The molecule has 0 bridgehead atoms. The van der Waals surface area contributed by atoms with Gasteiger partial charge in [0, 0.05) is 22.1 Å². The number of anilines is 1. The highest BCUT2D eigenvalue weighted by molar-refractivity contribution is 7.92. The Morgan fingerprint density at radius 2 is 1.69 bits per heavy atom. The quantitative estimate of drug-likeness (QED) is 0.493. The van der Waals surface area contributed by atoms with E-state index in [1.165, 1.54) is 24.0 Å². The maximum atomic E-state index is 13.6. The zero-order valence-corrected chi connectivity index (χ0v) is 23.0. The van der Waals surface area contributed by atoms with E-state index in [9.17, 15) is 22.4 Å². The van der Waals surface area contributed by atoms with Crippen molar-refractivity contribution in [3.8, 4) is 0 Å². The molecule has 2 amide bonds. The number of rotatable bonds is 8. The van der Waals surface area contributed by atoms with E-state index in [0.717, 1.165) is 22.7 Å². The van der Waals surface area contributed by atoms with Crippen molar-refractivity contribution >= 4 is 62.3 Å². The van der Waals surface area contributed by atoms with Crippen LogP contribution in [0.5, 0.6) is 0 Å². The molecule has 0 aromatic heterocycles. The van der Waals surface area contributed by atoms with Gasteiger partial charge in [0.2, 0.25) is 21.8 Å². The first-order chi connectivity index (χ1) is 16.0. The molecule has 0 aliphatic rings. The highest BCUT2D eigenvalue weighted by Gasteiger charge is 2.32. The summed E-state index contributed by atoms with van der Waals surface area (Å²) in [6, 6.07) is 7.05. The first-order valence-corrected chi connectivity index (χ1v) is 13.5. The lowest BCUT2D eigenvalue weighted by atomic mass is 10.1. The first kappa shape index (κ1) is 29.2. The largest absolute Gasteiger partial charge is 0.350 e. The van der Waals surface area contributed by atoms with E-state index >= 15 is 0 Å². The van der Waals surface area contributed by atoms with Gasteiger partial charge in [-0.1, -0.05) is 40.9 Å². The van der Waals surface area contributed by atoms with Crippen LogP contribution in [0.4, 0.5) is 10.1 Å². The standard InChI is InChI=1S/C23H27Cl3FN3O4S/c1-14(22(32)28-23(2,3)4)29(12-15-6-7-16(24)10-18(15)25)21(31)13-30(35(5,33)34)17-8-9-20(27)19(26)11-17/h6-11,14H,12-13H2,1-5H3,(H,28,32). The molecule has 0 saturated carbocycles. The number of nitrogens with zero attached hydrogens (tertiary/aromatic N) is 2. The zero-order valence-electron chi connectivity index (χ0n) is 19.9. The number of amides is 2. The zero-order chi connectivity index (χ0) is 26.7. The lowest BCUT2D eigenvalue weighted by Gasteiger charge is -2.33. The number of benzene rings is 2. The minimum absolute atomic E-state index is 0.00326. The highest BCUT2D eigenvalue weighted by atomic mass is 35.5. The normalized spacial score (nSPS) is 12.7. The van der Waals surface area contributed by atoms with E-state index in [1.807, 2.05) is 0 Å². The lowest BCUT2D eigenvalue weighted by Crippen LogP contribution is -2.54. The van der Waals surface area contributed by atoms with Crippen LogP contribution in [0.1, 0.15) is 33.3 Å². The van der Waals surface area contributed by atoms with Crippen molar-refractivity contribution in [3.05, 3.63) is 62.8 Å². The summed E-state index contributed by atoms with van der Waals surface area (Å²) in [6.45, 7) is 6.17. The van der Waals surface area contributed by atoms with Gasteiger partial charge in [0.05, 0.1) is 17.0 Å². The Bertz CT molecular complexity index is 1220. The monoisotopic (exact) mass is 565 g/mol. The molecule has 1 unspecified atom stereocenters. The Morgan fingerprint density at radius 1 is 1.06 bits per heavy atom. The summed E-state index contributed by atoms with van der Waals surface area (Å²) in [4.78, 5) is 27.6. The molecule has 7 nitrogen and oxygen atoms in total. The molecule has 0 radical (unpaired) electrons. The Kier molecular flexibility index (Phi) is 9.44. The van der Waals surface area contributed by atoms with Crippen molar-refractivity contribution in [1.82, 2.24) is 10.2 Å². The second-order valence-corrected chi connectivity index (χ2v) is 12.2. The van der Waals surface area contributed by atoms with Gasteiger partial charge < -0.3 is 10.2 Å². The van der Waals surface area contributed by atoms with E-state index in [4.69, 9.17) is 34.8 Å². The minimum atomic E-state index is -3.98. The Balaban J connectivity index is 2.46. The smallest absolute Gasteiger partial charge is 0.244 e. The molecular weight excluding hydrogens is 540 g/mol. The molecule has 2 aromatic rings. The molecule has 12 heteroatoms. The Labute approximate surface area is 220 Å². The van der Waals surface area contributed by atoms with Crippen LogP contribution >= 0.6 is 34.8 Å². The van der Waals surface area contributed by atoms with E-state index in [1.54, 1.807) is 32.9 Å². The van der Waals surface area contributed by atoms with Gasteiger partial charge in [-0.25, -0.2) is 12.8 Å². The predicted octanol–water partition coefficient (Wildman–Crippen LogP) is 4.88. The number of nitrogens with one attached hydrogen (secondary N) is 1. The molecule has 0 fully saturated rings. The van der Waals surface area contributed by atoms with E-state index in [-0.39, 0.29) is 22.3 Å². The van der Waals surface area contributed by atoms with Crippen LogP contribution in [0.15, 0.2) is 36.4 Å². The molecule has 0 saturated heterocycles. The molecule has 0 aliphatic carbocycles. The fourth-order valence-electron chi connectivity index (χ4n) is 3.14. The van der Waals surface area contributed by atoms with Crippen molar-refractivity contribution in [1.29, 1.82) is 0 Å². The van der Waals surface area contributed by atoms with Crippen molar-refractivity contribution in [2.24, 2.45) is 0 Å². The fourth-order valence-corrected chi connectivity index (χ4v) is 4.63. The molecule has 0 heterocycles. The topological polar surface area (TPSA) is 86.8 Å². The van der Waals surface area contributed by atoms with Gasteiger partial charge in [0.1, 0.15) is 18.4 Å². The molecule has 192 valence electrons. The van der Waals surface area contributed by atoms with E-state index in [0.29, 0.717) is 10.6 Å². The number of carbonyl (C=O) groups excluding carboxylic acids is 2. The molecule has 2 aromatic carbocycles. The summed E-state index contributed by atoms with van der Waals surface area (Å²) in [5.41, 5.74) is -0.0548. The van der Waals surface area contributed by atoms with Crippen LogP contribution in [0.3, 0.4) is 0 Å². The van der Waals surface area contributed by atoms with Gasteiger partial charge in [0.25, 0.3) is 0 Å². The predicted molar refractivity (Wildman–Crippen MR) is 138 cm³/mol. The van der Waals surface area contributed by atoms with Gasteiger partial charge in [0.15, 0.2) is 0 Å². The third-order valence-electron chi connectivity index (χ3n) is 4.89. The first-order valence-electron chi connectivity index (χ1n) is 10.5. The second kappa shape index (κ2) is 11.3. The van der Waals surface area contributed by atoms with Crippen LogP contribution in [0.2, 0.25) is 15.1 Å². The summed E-state index contributed by atoms with van der Waals surface area (Å²) >= 11 is 18.1. The van der Waals surface area contributed by atoms with Crippen LogP contribution in [-0.4, -0.2) is 49.5 Å². The van der Waals surface area contributed by atoms with Crippen molar-refractivity contribution in [2.75, 3.05) is 17.1 Å². The minimum Gasteiger partial charge on any atom is -0.350 e. The summed E-state index contributed by atoms with van der Waals surface area (Å²) < 4.78 is 39.5. The third-order valence-corrected chi connectivity index (χ3v) is 6.91. The van der Waals surface area contributed by atoms with Crippen molar-refractivity contribution in [2.45, 2.75) is 45.8 Å². The Hall–Kier alpha value is -2.07. The molecule has 2 rings (SSSR count). The second-order valence-electron chi connectivity index (χ2n) is 9.04. The fraction of sp³-hybridized carbons (Fsp3) is 0.391. The van der Waals surface area contributed by atoms with Crippen LogP contribution in [-0.2, 0) is 26.2 Å². The number of hydrogen-bond donors (Lipinski definition) is 1. The maximum absolute atomic E-state index is 13.6. The third kappa shape index (κ3) is 8.24. The Morgan fingerprint density at radius 3 is 2.20 bits per heavy atom. The van der Waals surface area contributed by atoms with Gasteiger partial charge >= 0.3 is 0 Å². The van der Waals surface area contributed by atoms with Gasteiger partial charge in [-0.2, -0.15) is 0 Å². The van der Waals surface area contributed by atoms with E-state index < -0.39 is 45.8 Å². The maximum Gasteiger partial charge on any atom is 0.244 e. The summed E-state index contributed by atoms with van der Waals surface area (Å²) in [5, 5.41) is 3.19. The highest BCUT2D eigenvalue weighted by Crippen LogP contribution is 2.26. The van der Waals surface area contributed by atoms with Crippen molar-refractivity contribution < 1.29 is 22.4 Å². The summed E-state index contributed by atoms with van der Waals surface area (Å²) in [5.74, 6) is -1.85. The number of halogens is 4. The van der Waals surface area contributed by atoms with Gasteiger partial charge in [-0.05, 0) is 63.6 Å². The average Bonchev–Trinajstić information content (AvgIpc) is 2.71. The molecular formula is C23H27Cl3FN3O4S. The van der Waals surface area contributed by atoms with Crippen LogP contribution in [0, 0.1) is 5.82 Å². The molecule has 0 spiro atoms. The van der Waals surface area contributed by atoms with Gasteiger partial charge in [-0.15, -0.1) is 0 Å². The molecule has 0 aliphatic heterocycles. The molecule has 1 N–H and O–H groups in total. The van der Waals surface area contributed by atoms with Gasteiger partial charge in [-0.3, -0.25) is 13.9 Å². The van der Waals surface area contributed by atoms with Crippen LogP contribution in [0.25, 0.3) is 0 Å². The molecule has 1 atom stereocenters. The summed E-state index contributed by atoms with van der Waals surface area (Å²) in [7, 11) is -3.98. The van der Waals surface area contributed by atoms with Crippen molar-refractivity contribution in [3.63, 3.8) is 0 Å². The van der Waals surface area contributed by atoms with Crippen LogP contribution < -0.4 is 9.62 Å².